The Labute approximate surface area is 277 Å². The Kier molecular flexibility index (Phi) is 16.8. The van der Waals surface area contributed by atoms with Crippen LogP contribution in [0.2, 0.25) is 20.1 Å². The molecule has 0 unspecified atom stereocenters. The SMILES string of the molecule is N=C(NCCCCCCNC(=N)NC(=N)Nc1ccc(Cl)cc1)NC(=N)Nc1ccc(Cl)cc1.OCc1ccc(Cl)cc1Cl. The summed E-state index contributed by atoms with van der Waals surface area (Å²) in [5.41, 5.74) is 2.12. The van der Waals surface area contributed by atoms with Gasteiger partial charge in [-0.2, -0.15) is 0 Å². The first-order valence-electron chi connectivity index (χ1n) is 13.5. The number of guanidine groups is 4. The van der Waals surface area contributed by atoms with Gasteiger partial charge in [0.25, 0.3) is 0 Å². The molecule has 0 radical (unpaired) electrons. The van der Waals surface area contributed by atoms with Crippen LogP contribution >= 0.6 is 46.4 Å². The molecule has 0 aromatic heterocycles. The molecule has 11 nitrogen and oxygen atoms in total. The van der Waals surface area contributed by atoms with Crippen LogP contribution in [0.4, 0.5) is 11.4 Å². The summed E-state index contributed by atoms with van der Waals surface area (Å²) in [7, 11) is 0. The standard InChI is InChI=1S/C22H30Cl2N10.C7H6Cl2O/c23-15-5-9-17(10-6-15)31-21(27)33-19(25)29-13-3-1-2-4-14-30-20(26)34-22(28)32-18-11-7-16(24)8-12-18;8-6-2-1-5(4-10)7(9)3-6/h5-12H,1-4,13-14H2,(H5,25,27,29,31,33)(H5,26,28,30,32,34);1-3,10H,4H2. The third kappa shape index (κ3) is 15.6. The average molecular weight is 682 g/mol. The smallest absolute Gasteiger partial charge is 0.199 e. The van der Waals surface area contributed by atoms with Crippen LogP contribution in [-0.2, 0) is 6.61 Å². The van der Waals surface area contributed by atoms with E-state index in [0.717, 1.165) is 25.7 Å². The first-order chi connectivity index (χ1) is 21.0. The van der Waals surface area contributed by atoms with Crippen LogP contribution in [0.1, 0.15) is 31.2 Å². The molecule has 3 aromatic rings. The van der Waals surface area contributed by atoms with Crippen molar-refractivity contribution in [3.8, 4) is 0 Å². The highest BCUT2D eigenvalue weighted by molar-refractivity contribution is 6.35. The number of aliphatic hydroxyl groups is 1. The normalized spacial score (nSPS) is 10.0. The van der Waals surface area contributed by atoms with E-state index in [0.29, 0.717) is 50.1 Å². The van der Waals surface area contributed by atoms with Crippen molar-refractivity contribution in [3.63, 3.8) is 0 Å². The van der Waals surface area contributed by atoms with E-state index in [4.69, 9.17) is 73.1 Å². The molecule has 0 atom stereocenters. The topological polar surface area (TPSA) is 188 Å². The van der Waals surface area contributed by atoms with E-state index in [9.17, 15) is 0 Å². The molecule has 0 saturated carbocycles. The van der Waals surface area contributed by atoms with Gasteiger partial charge in [-0.3, -0.25) is 32.3 Å². The molecule has 44 heavy (non-hydrogen) atoms. The lowest BCUT2D eigenvalue weighted by Gasteiger charge is -2.13. The van der Waals surface area contributed by atoms with Gasteiger partial charge in [0, 0.05) is 44.6 Å². The maximum absolute atomic E-state index is 8.68. The Bertz CT molecular complexity index is 1290. The maximum Gasteiger partial charge on any atom is 0.199 e. The zero-order valence-corrected chi connectivity index (χ0v) is 26.8. The first kappa shape index (κ1) is 36.5. The number of unbranched alkanes of at least 4 members (excludes halogenated alkanes) is 3. The van der Waals surface area contributed by atoms with E-state index >= 15 is 0 Å². The van der Waals surface area contributed by atoms with Crippen molar-refractivity contribution in [1.82, 2.24) is 21.3 Å². The van der Waals surface area contributed by atoms with Crippen LogP contribution < -0.4 is 31.9 Å². The van der Waals surface area contributed by atoms with Gasteiger partial charge in [-0.05, 0) is 79.1 Å². The Morgan fingerprint density at radius 3 is 1.34 bits per heavy atom. The quantitative estimate of drug-likeness (QED) is 0.0641. The number of anilines is 2. The molecule has 3 rings (SSSR count). The maximum atomic E-state index is 8.68. The molecule has 15 heteroatoms. The van der Waals surface area contributed by atoms with Crippen LogP contribution in [-0.4, -0.2) is 42.0 Å². The second-order valence-corrected chi connectivity index (χ2v) is 10.9. The molecule has 0 amide bonds. The Balaban J connectivity index is 0.000000569. The lowest BCUT2D eigenvalue weighted by Crippen LogP contribution is -2.43. The van der Waals surface area contributed by atoms with Crippen LogP contribution in [0.15, 0.2) is 66.7 Å². The Morgan fingerprint density at radius 1 is 0.545 bits per heavy atom. The summed E-state index contributed by atoms with van der Waals surface area (Å²) in [4.78, 5) is 0. The third-order valence-corrected chi connectivity index (χ3v) is 6.71. The largest absolute Gasteiger partial charge is 0.392 e. The summed E-state index contributed by atoms with van der Waals surface area (Å²) in [6, 6.07) is 18.9. The van der Waals surface area contributed by atoms with Crippen molar-refractivity contribution in [2.24, 2.45) is 0 Å². The number of aliphatic hydroxyl groups excluding tert-OH is 1. The number of benzene rings is 3. The molecule has 0 saturated heterocycles. The van der Waals surface area contributed by atoms with Crippen molar-refractivity contribution >= 4 is 81.6 Å². The fourth-order valence-electron chi connectivity index (χ4n) is 3.44. The molecule has 0 fully saturated rings. The molecule has 0 bridgehead atoms. The van der Waals surface area contributed by atoms with Gasteiger partial charge in [-0.15, -0.1) is 0 Å². The van der Waals surface area contributed by atoms with Gasteiger partial charge in [0.1, 0.15) is 0 Å². The van der Waals surface area contributed by atoms with Gasteiger partial charge in [0.2, 0.25) is 0 Å². The molecule has 0 spiro atoms. The van der Waals surface area contributed by atoms with Crippen LogP contribution in [0.5, 0.6) is 0 Å². The molecule has 0 aliphatic heterocycles. The predicted octanol–water partition coefficient (Wildman–Crippen LogP) is 6.66. The fourth-order valence-corrected chi connectivity index (χ4v) is 4.16. The summed E-state index contributed by atoms with van der Waals surface area (Å²) in [6.07, 6.45) is 3.70. The van der Waals surface area contributed by atoms with E-state index in [2.05, 4.69) is 31.9 Å². The number of halogens is 4. The van der Waals surface area contributed by atoms with Crippen LogP contribution in [0, 0.1) is 21.6 Å². The molecule has 236 valence electrons. The van der Waals surface area contributed by atoms with Crippen LogP contribution in [0.25, 0.3) is 0 Å². The summed E-state index contributed by atoms with van der Waals surface area (Å²) in [5, 5.41) is 59.3. The fraction of sp³-hybridized carbons (Fsp3) is 0.241. The van der Waals surface area contributed by atoms with Gasteiger partial charge in [0.15, 0.2) is 23.8 Å². The van der Waals surface area contributed by atoms with Crippen molar-refractivity contribution in [1.29, 1.82) is 21.6 Å². The third-order valence-electron chi connectivity index (χ3n) is 5.62. The van der Waals surface area contributed by atoms with E-state index in [1.807, 2.05) is 0 Å². The summed E-state index contributed by atoms with van der Waals surface area (Å²) in [6.45, 7) is 1.20. The van der Waals surface area contributed by atoms with Crippen molar-refractivity contribution < 1.29 is 5.11 Å². The second-order valence-electron chi connectivity index (χ2n) is 9.18. The van der Waals surface area contributed by atoms with E-state index < -0.39 is 0 Å². The van der Waals surface area contributed by atoms with E-state index in [-0.39, 0.29) is 30.4 Å². The van der Waals surface area contributed by atoms with Gasteiger partial charge >= 0.3 is 0 Å². The first-order valence-corrected chi connectivity index (χ1v) is 15.0. The Morgan fingerprint density at radius 2 is 0.955 bits per heavy atom. The van der Waals surface area contributed by atoms with Crippen molar-refractivity contribution in [3.05, 3.63) is 92.4 Å². The molecular weight excluding hydrogens is 646 g/mol. The molecule has 0 aliphatic rings. The molecule has 11 N–H and O–H groups in total. The van der Waals surface area contributed by atoms with Gasteiger partial charge in [-0.25, -0.2) is 0 Å². The highest BCUT2D eigenvalue weighted by Gasteiger charge is 2.03. The number of hydrogen-bond donors (Lipinski definition) is 11. The lowest BCUT2D eigenvalue weighted by molar-refractivity contribution is 0.282. The van der Waals surface area contributed by atoms with Gasteiger partial charge in [-0.1, -0.05) is 65.3 Å². The minimum absolute atomic E-state index is 0.00148. The average Bonchev–Trinajstić information content (AvgIpc) is 2.97. The number of rotatable bonds is 10. The van der Waals surface area contributed by atoms with Crippen molar-refractivity contribution in [2.45, 2.75) is 32.3 Å². The van der Waals surface area contributed by atoms with Gasteiger partial charge < -0.3 is 26.4 Å². The monoisotopic (exact) mass is 680 g/mol. The highest BCUT2D eigenvalue weighted by atomic mass is 35.5. The molecule has 0 heterocycles. The summed E-state index contributed by atoms with van der Waals surface area (Å²) in [5.74, 6) is 0.112. The molecule has 3 aromatic carbocycles. The molecular formula is C29H36Cl4N10O. The van der Waals surface area contributed by atoms with E-state index in [1.165, 1.54) is 0 Å². The summed E-state index contributed by atoms with van der Waals surface area (Å²) >= 11 is 23.0. The Hall–Kier alpha value is -3.74. The number of hydrogen-bond acceptors (Lipinski definition) is 5. The lowest BCUT2D eigenvalue weighted by atomic mass is 10.2. The van der Waals surface area contributed by atoms with Crippen LogP contribution in [0.3, 0.4) is 0 Å². The van der Waals surface area contributed by atoms with Gasteiger partial charge in [0.05, 0.1) is 6.61 Å². The van der Waals surface area contributed by atoms with Crippen molar-refractivity contribution in [2.75, 3.05) is 23.7 Å². The number of nitrogens with one attached hydrogen (secondary N) is 10. The predicted molar refractivity (Wildman–Crippen MR) is 184 cm³/mol. The zero-order valence-electron chi connectivity index (χ0n) is 23.8. The van der Waals surface area contributed by atoms with E-state index in [1.54, 1.807) is 66.7 Å². The summed E-state index contributed by atoms with van der Waals surface area (Å²) < 4.78 is 0. The second kappa shape index (κ2) is 20.3. The highest BCUT2D eigenvalue weighted by Crippen LogP contribution is 2.20. The zero-order chi connectivity index (χ0) is 32.3. The minimum atomic E-state index is -0.0456. The molecule has 0 aliphatic carbocycles. The minimum Gasteiger partial charge on any atom is -0.392 e.